The van der Waals surface area contributed by atoms with Crippen molar-refractivity contribution in [1.29, 1.82) is 0 Å². The Bertz CT molecular complexity index is 472. The summed E-state index contributed by atoms with van der Waals surface area (Å²) in [4.78, 5) is 14.5. The van der Waals surface area contributed by atoms with E-state index in [2.05, 4.69) is 13.8 Å². The number of carbonyl (C=O) groups excluding carboxylic acids is 1. The molecule has 3 nitrogen and oxygen atoms in total. The van der Waals surface area contributed by atoms with Gasteiger partial charge in [-0.3, -0.25) is 4.79 Å². The molecule has 1 aromatic carbocycles. The van der Waals surface area contributed by atoms with Crippen molar-refractivity contribution in [3.05, 3.63) is 35.4 Å². The smallest absolute Gasteiger partial charge is 0.253 e. The summed E-state index contributed by atoms with van der Waals surface area (Å²) in [5, 5.41) is 0. The van der Waals surface area contributed by atoms with Gasteiger partial charge in [-0.1, -0.05) is 26.0 Å². The van der Waals surface area contributed by atoms with Crippen LogP contribution in [0.25, 0.3) is 0 Å². The third-order valence-corrected chi connectivity index (χ3v) is 4.59. The van der Waals surface area contributed by atoms with Crippen molar-refractivity contribution in [2.24, 2.45) is 11.1 Å². The van der Waals surface area contributed by atoms with Crippen LogP contribution in [0.15, 0.2) is 24.3 Å². The number of carbonyl (C=O) groups is 1. The number of benzene rings is 1. The Kier molecular flexibility index (Phi) is 4.48. The van der Waals surface area contributed by atoms with Gasteiger partial charge in [0.25, 0.3) is 5.91 Å². The molecule has 0 heterocycles. The van der Waals surface area contributed by atoms with Gasteiger partial charge in [0, 0.05) is 25.2 Å². The van der Waals surface area contributed by atoms with Gasteiger partial charge in [0.1, 0.15) is 0 Å². The van der Waals surface area contributed by atoms with Gasteiger partial charge in [0.2, 0.25) is 0 Å². The van der Waals surface area contributed by atoms with E-state index in [1.807, 2.05) is 36.2 Å². The molecule has 0 spiro atoms. The molecule has 1 saturated carbocycles. The maximum atomic E-state index is 12.6. The lowest BCUT2D eigenvalue weighted by molar-refractivity contribution is 0.0635. The van der Waals surface area contributed by atoms with Crippen LogP contribution in [-0.4, -0.2) is 23.9 Å². The number of nitrogens with zero attached hydrogens (tertiary/aromatic N) is 1. The van der Waals surface area contributed by atoms with E-state index in [0.29, 0.717) is 18.0 Å². The van der Waals surface area contributed by atoms with Crippen LogP contribution in [0.5, 0.6) is 0 Å². The first-order chi connectivity index (χ1) is 9.43. The summed E-state index contributed by atoms with van der Waals surface area (Å²) >= 11 is 0. The van der Waals surface area contributed by atoms with Crippen LogP contribution >= 0.6 is 0 Å². The van der Waals surface area contributed by atoms with E-state index in [4.69, 9.17) is 5.73 Å². The maximum Gasteiger partial charge on any atom is 0.253 e. The standard InChI is InChI=1S/C17H26N2O/c1-17(2)9-7-15(8-10-17)19(3)16(20)14-6-4-5-13(11-14)12-18/h4-6,11,15H,7-10,12,18H2,1-3H3. The van der Waals surface area contributed by atoms with Crippen molar-refractivity contribution < 1.29 is 4.79 Å². The molecule has 1 aliphatic rings. The summed E-state index contributed by atoms with van der Waals surface area (Å²) in [6, 6.07) is 8.03. The topological polar surface area (TPSA) is 46.3 Å². The Balaban J connectivity index is 2.05. The molecule has 3 heteroatoms. The monoisotopic (exact) mass is 274 g/mol. The highest BCUT2D eigenvalue weighted by molar-refractivity contribution is 5.94. The van der Waals surface area contributed by atoms with E-state index < -0.39 is 0 Å². The summed E-state index contributed by atoms with van der Waals surface area (Å²) in [6.07, 6.45) is 4.59. The van der Waals surface area contributed by atoms with E-state index in [0.717, 1.165) is 24.0 Å². The normalized spacial score (nSPS) is 18.8. The Morgan fingerprint density at radius 2 is 2.00 bits per heavy atom. The van der Waals surface area contributed by atoms with Crippen molar-refractivity contribution in [3.63, 3.8) is 0 Å². The van der Waals surface area contributed by atoms with Crippen molar-refractivity contribution in [2.75, 3.05) is 7.05 Å². The molecular weight excluding hydrogens is 248 g/mol. The van der Waals surface area contributed by atoms with Crippen LogP contribution in [-0.2, 0) is 6.54 Å². The first-order valence-corrected chi connectivity index (χ1v) is 7.49. The second-order valence-electron chi connectivity index (χ2n) is 6.72. The van der Waals surface area contributed by atoms with Gasteiger partial charge in [-0.25, -0.2) is 0 Å². The number of rotatable bonds is 3. The first-order valence-electron chi connectivity index (χ1n) is 7.49. The fourth-order valence-electron chi connectivity index (χ4n) is 2.97. The quantitative estimate of drug-likeness (QED) is 0.920. The zero-order chi connectivity index (χ0) is 14.8. The van der Waals surface area contributed by atoms with E-state index in [1.165, 1.54) is 12.8 Å². The molecular formula is C17H26N2O. The van der Waals surface area contributed by atoms with Crippen LogP contribution in [0.2, 0.25) is 0 Å². The van der Waals surface area contributed by atoms with E-state index in [-0.39, 0.29) is 5.91 Å². The fourth-order valence-corrected chi connectivity index (χ4v) is 2.97. The Morgan fingerprint density at radius 1 is 1.35 bits per heavy atom. The van der Waals surface area contributed by atoms with Crippen molar-refractivity contribution in [1.82, 2.24) is 4.90 Å². The summed E-state index contributed by atoms with van der Waals surface area (Å²) < 4.78 is 0. The minimum atomic E-state index is 0.116. The number of nitrogens with two attached hydrogens (primary N) is 1. The summed E-state index contributed by atoms with van der Waals surface area (Å²) in [6.45, 7) is 5.11. The lowest BCUT2D eigenvalue weighted by Gasteiger charge is -2.38. The molecule has 1 aliphatic carbocycles. The van der Waals surface area contributed by atoms with E-state index >= 15 is 0 Å². The summed E-state index contributed by atoms with van der Waals surface area (Å²) in [7, 11) is 1.93. The number of hydrogen-bond acceptors (Lipinski definition) is 2. The van der Waals surface area contributed by atoms with Crippen LogP contribution in [0.1, 0.15) is 55.5 Å². The largest absolute Gasteiger partial charge is 0.339 e. The van der Waals surface area contributed by atoms with Crippen LogP contribution in [0.4, 0.5) is 0 Å². The molecule has 0 aromatic heterocycles. The van der Waals surface area contributed by atoms with Crippen LogP contribution < -0.4 is 5.73 Å². The molecule has 0 aliphatic heterocycles. The zero-order valence-corrected chi connectivity index (χ0v) is 12.9. The molecule has 2 rings (SSSR count). The molecule has 1 aromatic rings. The Labute approximate surface area is 122 Å². The van der Waals surface area contributed by atoms with Crippen molar-refractivity contribution in [3.8, 4) is 0 Å². The van der Waals surface area contributed by atoms with Crippen LogP contribution in [0.3, 0.4) is 0 Å². The lowest BCUT2D eigenvalue weighted by Crippen LogP contribution is -2.40. The highest BCUT2D eigenvalue weighted by Gasteiger charge is 2.30. The molecule has 0 radical (unpaired) electrons. The van der Waals surface area contributed by atoms with Gasteiger partial charge < -0.3 is 10.6 Å². The second kappa shape index (κ2) is 5.96. The predicted molar refractivity (Wildman–Crippen MR) is 82.5 cm³/mol. The third kappa shape index (κ3) is 3.40. The summed E-state index contributed by atoms with van der Waals surface area (Å²) in [5.41, 5.74) is 7.83. The highest BCUT2D eigenvalue weighted by atomic mass is 16.2. The molecule has 0 unspecified atom stereocenters. The molecule has 2 N–H and O–H groups in total. The van der Waals surface area contributed by atoms with Gasteiger partial charge in [0.05, 0.1) is 0 Å². The molecule has 1 fully saturated rings. The van der Waals surface area contributed by atoms with Gasteiger partial charge in [-0.05, 0) is 48.8 Å². The van der Waals surface area contributed by atoms with Gasteiger partial charge in [0.15, 0.2) is 0 Å². The summed E-state index contributed by atoms with van der Waals surface area (Å²) in [5.74, 6) is 0.116. The SMILES string of the molecule is CN(C(=O)c1cccc(CN)c1)C1CCC(C)(C)CC1. The zero-order valence-electron chi connectivity index (χ0n) is 12.9. The molecule has 0 atom stereocenters. The van der Waals surface area contributed by atoms with Gasteiger partial charge in [-0.2, -0.15) is 0 Å². The average molecular weight is 274 g/mol. The Hall–Kier alpha value is -1.35. The number of hydrogen-bond donors (Lipinski definition) is 1. The Morgan fingerprint density at radius 3 is 2.60 bits per heavy atom. The maximum absolute atomic E-state index is 12.6. The lowest BCUT2D eigenvalue weighted by atomic mass is 9.75. The highest BCUT2D eigenvalue weighted by Crippen LogP contribution is 2.36. The van der Waals surface area contributed by atoms with Crippen LogP contribution in [0, 0.1) is 5.41 Å². The minimum Gasteiger partial charge on any atom is -0.339 e. The molecule has 0 saturated heterocycles. The molecule has 20 heavy (non-hydrogen) atoms. The fraction of sp³-hybridized carbons (Fsp3) is 0.588. The van der Waals surface area contributed by atoms with Gasteiger partial charge >= 0.3 is 0 Å². The molecule has 1 amide bonds. The third-order valence-electron chi connectivity index (χ3n) is 4.59. The van der Waals surface area contributed by atoms with Gasteiger partial charge in [-0.15, -0.1) is 0 Å². The minimum absolute atomic E-state index is 0.116. The second-order valence-corrected chi connectivity index (χ2v) is 6.72. The molecule has 0 bridgehead atoms. The molecule has 110 valence electrons. The van der Waals surface area contributed by atoms with Crippen molar-refractivity contribution in [2.45, 2.75) is 52.1 Å². The van der Waals surface area contributed by atoms with E-state index in [1.54, 1.807) is 0 Å². The number of amides is 1. The van der Waals surface area contributed by atoms with Crippen molar-refractivity contribution >= 4 is 5.91 Å². The van der Waals surface area contributed by atoms with E-state index in [9.17, 15) is 4.79 Å². The first kappa shape index (κ1) is 15.0. The predicted octanol–water partition coefficient (Wildman–Crippen LogP) is 3.19. The average Bonchev–Trinajstić information content (AvgIpc) is 2.46.